The van der Waals surface area contributed by atoms with Crippen LogP contribution in [0.5, 0.6) is 5.75 Å². The molecule has 0 aromatic heterocycles. The van der Waals surface area contributed by atoms with E-state index in [2.05, 4.69) is 5.32 Å². The fourth-order valence-electron chi connectivity index (χ4n) is 2.61. The van der Waals surface area contributed by atoms with Crippen molar-refractivity contribution in [3.63, 3.8) is 0 Å². The summed E-state index contributed by atoms with van der Waals surface area (Å²) in [6.07, 6.45) is 1.23. The van der Waals surface area contributed by atoms with Crippen LogP contribution in [0.1, 0.15) is 23.1 Å². The summed E-state index contributed by atoms with van der Waals surface area (Å²) < 4.78 is 30.6. The van der Waals surface area contributed by atoms with Gasteiger partial charge >= 0.3 is 0 Å². The molecule has 6 nitrogen and oxygen atoms in total. The molecule has 0 saturated carbocycles. The van der Waals surface area contributed by atoms with Crippen LogP contribution in [-0.4, -0.2) is 38.5 Å². The molecule has 0 atom stereocenters. The molecule has 0 aliphatic carbocycles. The van der Waals surface area contributed by atoms with Gasteiger partial charge in [0, 0.05) is 25.2 Å². The average Bonchev–Trinajstić information content (AvgIpc) is 2.61. The lowest BCUT2D eigenvalue weighted by molar-refractivity contribution is -0.116. The number of hydrogen-bond acceptors (Lipinski definition) is 4. The molecule has 1 amide bonds. The van der Waals surface area contributed by atoms with Crippen LogP contribution in [0, 0.1) is 13.8 Å². The van der Waals surface area contributed by atoms with Crippen LogP contribution in [0.3, 0.4) is 0 Å². The van der Waals surface area contributed by atoms with Crippen molar-refractivity contribution in [3.05, 3.63) is 59.2 Å². The van der Waals surface area contributed by atoms with Crippen LogP contribution in [0.25, 0.3) is 0 Å². The summed E-state index contributed by atoms with van der Waals surface area (Å²) >= 11 is 0. The monoisotopic (exact) mass is 390 g/mol. The first-order valence-corrected chi connectivity index (χ1v) is 10.5. The predicted molar refractivity (Wildman–Crippen MR) is 107 cm³/mol. The minimum absolute atomic E-state index is 0.0800. The molecule has 2 rings (SSSR count). The van der Waals surface area contributed by atoms with Gasteiger partial charge in [0.25, 0.3) is 0 Å². The smallest absolute Gasteiger partial charge is 0.225 e. The van der Waals surface area contributed by atoms with Crippen LogP contribution < -0.4 is 10.1 Å². The topological polar surface area (TPSA) is 75.7 Å². The third-order valence-electron chi connectivity index (χ3n) is 4.24. The molecule has 0 aliphatic rings. The second-order valence-electron chi connectivity index (χ2n) is 6.56. The molecule has 0 spiro atoms. The van der Waals surface area contributed by atoms with Gasteiger partial charge in [-0.05, 0) is 48.7 Å². The maximum Gasteiger partial charge on any atom is 0.225 e. The van der Waals surface area contributed by atoms with E-state index in [4.69, 9.17) is 4.74 Å². The summed E-state index contributed by atoms with van der Waals surface area (Å²) in [5.41, 5.74) is 3.59. The Bertz CT molecular complexity index is 893. The molecule has 1 N–H and O–H groups in total. The number of amides is 1. The highest BCUT2D eigenvalue weighted by Gasteiger charge is 2.18. The highest BCUT2D eigenvalue weighted by atomic mass is 32.2. The van der Waals surface area contributed by atoms with Crippen molar-refractivity contribution in [1.82, 2.24) is 4.31 Å². The van der Waals surface area contributed by atoms with Crippen molar-refractivity contribution in [2.75, 3.05) is 25.2 Å². The first kappa shape index (κ1) is 20.9. The van der Waals surface area contributed by atoms with Gasteiger partial charge in [-0.2, -0.15) is 4.31 Å². The molecule has 7 heteroatoms. The Hall–Kier alpha value is -2.38. The van der Waals surface area contributed by atoms with Crippen LogP contribution >= 0.6 is 0 Å². The third-order valence-corrected chi connectivity index (χ3v) is 5.49. The standard InChI is InChI=1S/C20H26N2O4S/c1-15-5-6-16(2)19(13-15)21-20(23)11-12-22(27(4,24)25)14-17-7-9-18(26-3)10-8-17/h5-10,13H,11-12,14H2,1-4H3,(H,21,23). The van der Waals surface area contributed by atoms with Gasteiger partial charge in [-0.25, -0.2) is 8.42 Å². The van der Waals surface area contributed by atoms with E-state index in [1.807, 2.05) is 44.2 Å². The second-order valence-corrected chi connectivity index (χ2v) is 8.54. The van der Waals surface area contributed by atoms with Crippen LogP contribution in [0.4, 0.5) is 5.69 Å². The lowest BCUT2D eigenvalue weighted by Crippen LogP contribution is -2.32. The Morgan fingerprint density at radius 1 is 1.11 bits per heavy atom. The van der Waals surface area contributed by atoms with Gasteiger partial charge in [0.05, 0.1) is 13.4 Å². The molecule has 0 bridgehead atoms. The van der Waals surface area contributed by atoms with Gasteiger partial charge in [-0.15, -0.1) is 0 Å². The summed E-state index contributed by atoms with van der Waals surface area (Å²) in [4.78, 5) is 12.3. The Kier molecular flexibility index (Phi) is 6.98. The second kappa shape index (κ2) is 9.01. The van der Waals surface area contributed by atoms with Gasteiger partial charge in [-0.1, -0.05) is 24.3 Å². The van der Waals surface area contributed by atoms with Crippen molar-refractivity contribution in [2.24, 2.45) is 0 Å². The molecule has 2 aromatic carbocycles. The zero-order valence-electron chi connectivity index (χ0n) is 16.2. The predicted octanol–water partition coefficient (Wildman–Crippen LogP) is 3.10. The van der Waals surface area contributed by atoms with E-state index in [0.717, 1.165) is 28.6 Å². The number of sulfonamides is 1. The van der Waals surface area contributed by atoms with Crippen molar-refractivity contribution < 1.29 is 17.9 Å². The van der Waals surface area contributed by atoms with Gasteiger partial charge in [0.1, 0.15) is 5.75 Å². The van der Waals surface area contributed by atoms with E-state index < -0.39 is 10.0 Å². The number of nitrogens with one attached hydrogen (secondary N) is 1. The van der Waals surface area contributed by atoms with Gasteiger partial charge in [0.15, 0.2) is 0 Å². The molecule has 27 heavy (non-hydrogen) atoms. The van der Waals surface area contributed by atoms with E-state index in [1.165, 1.54) is 4.31 Å². The fraction of sp³-hybridized carbons (Fsp3) is 0.350. The Morgan fingerprint density at radius 2 is 1.78 bits per heavy atom. The summed E-state index contributed by atoms with van der Waals surface area (Å²) in [5.74, 6) is 0.490. The molecule has 0 aliphatic heterocycles. The SMILES string of the molecule is COc1ccc(CN(CCC(=O)Nc2cc(C)ccc2C)S(C)(=O)=O)cc1. The first-order chi connectivity index (χ1) is 12.7. The first-order valence-electron chi connectivity index (χ1n) is 8.64. The van der Waals surface area contributed by atoms with E-state index in [9.17, 15) is 13.2 Å². The zero-order chi connectivity index (χ0) is 20.0. The van der Waals surface area contributed by atoms with Crippen LogP contribution in [-0.2, 0) is 21.4 Å². The lowest BCUT2D eigenvalue weighted by Gasteiger charge is -2.20. The van der Waals surface area contributed by atoms with Gasteiger partial charge < -0.3 is 10.1 Å². The quantitative estimate of drug-likeness (QED) is 0.751. The van der Waals surface area contributed by atoms with Gasteiger partial charge in [-0.3, -0.25) is 4.79 Å². The number of nitrogens with zero attached hydrogens (tertiary/aromatic N) is 1. The highest BCUT2D eigenvalue weighted by Crippen LogP contribution is 2.17. The van der Waals surface area contributed by atoms with Gasteiger partial charge in [0.2, 0.25) is 15.9 Å². The molecule has 2 aromatic rings. The number of carbonyl (C=O) groups is 1. The number of ether oxygens (including phenoxy) is 1. The minimum Gasteiger partial charge on any atom is -0.497 e. The van der Waals surface area contributed by atoms with Crippen molar-refractivity contribution >= 4 is 21.6 Å². The van der Waals surface area contributed by atoms with Crippen molar-refractivity contribution in [3.8, 4) is 5.75 Å². The molecule has 146 valence electrons. The average molecular weight is 391 g/mol. The molecule has 0 heterocycles. The Labute approximate surface area is 161 Å². The Morgan fingerprint density at radius 3 is 2.37 bits per heavy atom. The van der Waals surface area contributed by atoms with E-state index in [1.54, 1.807) is 19.2 Å². The minimum atomic E-state index is -3.44. The van der Waals surface area contributed by atoms with Crippen molar-refractivity contribution in [2.45, 2.75) is 26.8 Å². The number of methoxy groups -OCH3 is 1. The maximum atomic E-state index is 12.3. The van der Waals surface area contributed by atoms with Crippen LogP contribution in [0.15, 0.2) is 42.5 Å². The molecular weight excluding hydrogens is 364 g/mol. The van der Waals surface area contributed by atoms with E-state index in [0.29, 0.717) is 5.75 Å². The molecule has 0 saturated heterocycles. The largest absolute Gasteiger partial charge is 0.497 e. The molecule has 0 unspecified atom stereocenters. The number of hydrogen-bond donors (Lipinski definition) is 1. The van der Waals surface area contributed by atoms with Crippen LogP contribution in [0.2, 0.25) is 0 Å². The van der Waals surface area contributed by atoms with E-state index in [-0.39, 0.29) is 25.4 Å². The maximum absolute atomic E-state index is 12.3. The van der Waals surface area contributed by atoms with Crippen molar-refractivity contribution in [1.29, 1.82) is 0 Å². The summed E-state index contributed by atoms with van der Waals surface area (Å²) in [6.45, 7) is 4.19. The highest BCUT2D eigenvalue weighted by molar-refractivity contribution is 7.88. The third kappa shape index (κ3) is 6.37. The fourth-order valence-corrected chi connectivity index (χ4v) is 3.41. The Balaban J connectivity index is 2.01. The zero-order valence-corrected chi connectivity index (χ0v) is 17.0. The number of benzene rings is 2. The number of anilines is 1. The molecular formula is C20H26N2O4S. The normalized spacial score (nSPS) is 11.4. The number of rotatable bonds is 8. The number of aryl methyl sites for hydroxylation is 2. The summed E-state index contributed by atoms with van der Waals surface area (Å²) in [5, 5.41) is 2.86. The summed E-state index contributed by atoms with van der Waals surface area (Å²) in [6, 6.07) is 13.0. The molecule has 0 fully saturated rings. The number of carbonyl (C=O) groups excluding carboxylic acids is 1. The van der Waals surface area contributed by atoms with E-state index >= 15 is 0 Å². The molecule has 0 radical (unpaired) electrons. The summed E-state index contributed by atoms with van der Waals surface area (Å²) in [7, 11) is -1.86. The lowest BCUT2D eigenvalue weighted by atomic mass is 10.1.